The first-order valence-corrected chi connectivity index (χ1v) is 25.1. The fourth-order valence-electron chi connectivity index (χ4n) is 7.92. The number of hydrogen-bond acceptors (Lipinski definition) is 4. The summed E-state index contributed by atoms with van der Waals surface area (Å²) in [5.41, 5.74) is 0. The molecule has 0 aromatic rings. The smallest absolute Gasteiger partial charge is 0.306 e. The molecular formula is C50H100O4. The van der Waals surface area contributed by atoms with Gasteiger partial charge in [-0.3, -0.25) is 4.79 Å². The van der Waals surface area contributed by atoms with Gasteiger partial charge in [0.05, 0.1) is 13.2 Å². The van der Waals surface area contributed by atoms with Gasteiger partial charge in [-0.25, -0.2) is 0 Å². The van der Waals surface area contributed by atoms with Crippen molar-refractivity contribution in [3.05, 3.63) is 0 Å². The lowest BCUT2D eigenvalue weighted by molar-refractivity contribution is -0.154. The van der Waals surface area contributed by atoms with Crippen LogP contribution in [-0.4, -0.2) is 37.0 Å². The van der Waals surface area contributed by atoms with Gasteiger partial charge >= 0.3 is 5.97 Å². The predicted molar refractivity (Wildman–Crippen MR) is 238 cm³/mol. The summed E-state index contributed by atoms with van der Waals surface area (Å²) in [7, 11) is 0. The van der Waals surface area contributed by atoms with E-state index in [0.717, 1.165) is 19.3 Å². The minimum absolute atomic E-state index is 0.162. The topological polar surface area (TPSA) is 55.8 Å². The number of hydrogen-bond donors (Lipinski definition) is 1. The summed E-state index contributed by atoms with van der Waals surface area (Å²) in [6.45, 7) is 5.42. The Bertz CT molecular complexity index is 682. The Hall–Kier alpha value is -0.610. The highest BCUT2D eigenvalue weighted by Crippen LogP contribution is 2.17. The average Bonchev–Trinajstić information content (AvgIpc) is 3.18. The molecule has 0 aromatic carbocycles. The van der Waals surface area contributed by atoms with Crippen molar-refractivity contribution in [1.82, 2.24) is 0 Å². The maximum Gasteiger partial charge on any atom is 0.306 e. The molecule has 0 fully saturated rings. The molecule has 0 aliphatic heterocycles. The van der Waals surface area contributed by atoms with Crippen LogP contribution in [0.5, 0.6) is 0 Å². The minimum atomic E-state index is -0.526. The first-order chi connectivity index (χ1) is 26.7. The molecule has 0 aliphatic carbocycles. The van der Waals surface area contributed by atoms with E-state index in [0.29, 0.717) is 19.6 Å². The van der Waals surface area contributed by atoms with Crippen LogP contribution in [0.15, 0.2) is 0 Å². The van der Waals surface area contributed by atoms with E-state index in [-0.39, 0.29) is 12.6 Å². The van der Waals surface area contributed by atoms with E-state index < -0.39 is 6.10 Å². The standard InChI is InChI=1S/C50H100O4/c1-3-5-7-9-11-13-15-17-19-21-23-25-26-27-29-31-33-35-37-39-41-43-45-50(52)54-49(47-51)48-53-46-44-42-40-38-36-34-32-30-28-24-22-20-18-16-14-12-10-8-6-4-2/h49,51H,3-48H2,1-2H3. The van der Waals surface area contributed by atoms with Crippen LogP contribution in [0.25, 0.3) is 0 Å². The third-order valence-electron chi connectivity index (χ3n) is 11.7. The second-order valence-electron chi connectivity index (χ2n) is 17.3. The third kappa shape index (κ3) is 45.8. The number of ether oxygens (including phenoxy) is 2. The maximum atomic E-state index is 12.3. The molecule has 0 saturated carbocycles. The van der Waals surface area contributed by atoms with Gasteiger partial charge in [-0.05, 0) is 12.8 Å². The average molecular weight is 765 g/mol. The molecule has 1 N–H and O–H groups in total. The van der Waals surface area contributed by atoms with Crippen LogP contribution in [0.3, 0.4) is 0 Å². The number of carbonyl (C=O) groups excluding carboxylic acids is 1. The fraction of sp³-hybridized carbons (Fsp3) is 0.980. The molecule has 0 saturated heterocycles. The van der Waals surface area contributed by atoms with E-state index in [1.807, 2.05) is 0 Å². The Balaban J connectivity index is 3.32. The molecule has 0 aliphatic rings. The Morgan fingerprint density at radius 2 is 0.611 bits per heavy atom. The second-order valence-corrected chi connectivity index (χ2v) is 17.3. The molecule has 1 unspecified atom stereocenters. The first kappa shape index (κ1) is 53.4. The minimum Gasteiger partial charge on any atom is -0.457 e. The van der Waals surface area contributed by atoms with Gasteiger partial charge in [-0.1, -0.05) is 271 Å². The first-order valence-electron chi connectivity index (χ1n) is 25.1. The lowest BCUT2D eigenvalue weighted by Crippen LogP contribution is -2.27. The van der Waals surface area contributed by atoms with Crippen molar-refractivity contribution in [2.24, 2.45) is 0 Å². The molecular weight excluding hydrogens is 665 g/mol. The predicted octanol–water partition coefficient (Wildman–Crippen LogP) is 16.7. The number of unbranched alkanes of at least 4 members (excludes halogenated alkanes) is 40. The van der Waals surface area contributed by atoms with Crippen molar-refractivity contribution in [3.8, 4) is 0 Å². The Morgan fingerprint density at radius 3 is 0.870 bits per heavy atom. The van der Waals surface area contributed by atoms with Crippen LogP contribution in [-0.2, 0) is 14.3 Å². The molecule has 1 atom stereocenters. The zero-order valence-electron chi connectivity index (χ0n) is 37.3. The molecule has 0 aromatic heterocycles. The van der Waals surface area contributed by atoms with Crippen LogP contribution >= 0.6 is 0 Å². The van der Waals surface area contributed by atoms with Crippen LogP contribution < -0.4 is 0 Å². The van der Waals surface area contributed by atoms with E-state index in [1.54, 1.807) is 0 Å². The van der Waals surface area contributed by atoms with E-state index in [2.05, 4.69) is 13.8 Å². The van der Waals surface area contributed by atoms with Crippen molar-refractivity contribution >= 4 is 5.97 Å². The summed E-state index contributed by atoms with van der Waals surface area (Å²) in [6, 6.07) is 0. The van der Waals surface area contributed by atoms with Crippen molar-refractivity contribution in [3.63, 3.8) is 0 Å². The summed E-state index contributed by atoms with van der Waals surface area (Å²) in [6.07, 6.45) is 57.7. The zero-order valence-corrected chi connectivity index (χ0v) is 37.3. The van der Waals surface area contributed by atoms with Gasteiger partial charge in [-0.15, -0.1) is 0 Å². The summed E-state index contributed by atoms with van der Waals surface area (Å²) in [5, 5.41) is 9.64. The van der Waals surface area contributed by atoms with Crippen LogP contribution in [0.2, 0.25) is 0 Å². The largest absolute Gasteiger partial charge is 0.457 e. The molecule has 0 radical (unpaired) electrons. The Morgan fingerprint density at radius 1 is 0.370 bits per heavy atom. The van der Waals surface area contributed by atoms with Crippen molar-refractivity contribution < 1.29 is 19.4 Å². The summed E-state index contributed by atoms with van der Waals surface area (Å²) in [4.78, 5) is 12.3. The number of aliphatic hydroxyl groups is 1. The fourth-order valence-corrected chi connectivity index (χ4v) is 7.92. The Labute approximate surface area is 340 Å². The molecule has 0 heterocycles. The van der Waals surface area contributed by atoms with Crippen LogP contribution in [0.4, 0.5) is 0 Å². The van der Waals surface area contributed by atoms with Gasteiger partial charge in [0.15, 0.2) is 0 Å². The highest BCUT2D eigenvalue weighted by atomic mass is 16.6. The molecule has 0 bridgehead atoms. The maximum absolute atomic E-state index is 12.3. The van der Waals surface area contributed by atoms with Crippen LogP contribution in [0.1, 0.15) is 290 Å². The molecule has 54 heavy (non-hydrogen) atoms. The zero-order chi connectivity index (χ0) is 39.1. The highest BCUT2D eigenvalue weighted by Gasteiger charge is 2.13. The monoisotopic (exact) mass is 765 g/mol. The summed E-state index contributed by atoms with van der Waals surface area (Å²) in [5.74, 6) is -0.190. The van der Waals surface area contributed by atoms with E-state index in [9.17, 15) is 9.90 Å². The Kier molecular flexibility index (Phi) is 48.0. The van der Waals surface area contributed by atoms with E-state index in [1.165, 1.54) is 250 Å². The van der Waals surface area contributed by atoms with Gasteiger partial charge < -0.3 is 14.6 Å². The van der Waals surface area contributed by atoms with Crippen molar-refractivity contribution in [2.75, 3.05) is 19.8 Å². The summed E-state index contributed by atoms with van der Waals surface area (Å²) < 4.78 is 11.2. The number of esters is 1. The van der Waals surface area contributed by atoms with Gasteiger partial charge in [0.2, 0.25) is 0 Å². The lowest BCUT2D eigenvalue weighted by Gasteiger charge is -2.16. The van der Waals surface area contributed by atoms with E-state index >= 15 is 0 Å². The van der Waals surface area contributed by atoms with Gasteiger partial charge in [-0.2, -0.15) is 0 Å². The molecule has 4 nitrogen and oxygen atoms in total. The second kappa shape index (κ2) is 48.5. The van der Waals surface area contributed by atoms with Crippen molar-refractivity contribution in [1.29, 1.82) is 0 Å². The molecule has 4 heteroatoms. The number of aliphatic hydroxyl groups excluding tert-OH is 1. The van der Waals surface area contributed by atoms with Crippen LogP contribution in [0, 0.1) is 0 Å². The normalized spacial score (nSPS) is 12.1. The van der Waals surface area contributed by atoms with Gasteiger partial charge in [0.25, 0.3) is 0 Å². The number of rotatable bonds is 48. The molecule has 0 rings (SSSR count). The summed E-state index contributed by atoms with van der Waals surface area (Å²) >= 11 is 0. The molecule has 0 spiro atoms. The SMILES string of the molecule is CCCCCCCCCCCCCCCCCCCCCCCCC(=O)OC(CO)COCCCCCCCCCCCCCCCCCCCCCC. The quantitative estimate of drug-likeness (QED) is 0.0495. The van der Waals surface area contributed by atoms with Gasteiger partial charge in [0, 0.05) is 13.0 Å². The third-order valence-corrected chi connectivity index (χ3v) is 11.7. The molecule has 324 valence electrons. The lowest BCUT2D eigenvalue weighted by atomic mass is 10.0. The highest BCUT2D eigenvalue weighted by molar-refractivity contribution is 5.69. The van der Waals surface area contributed by atoms with Crippen molar-refractivity contribution in [2.45, 2.75) is 296 Å². The van der Waals surface area contributed by atoms with Gasteiger partial charge in [0.1, 0.15) is 6.10 Å². The van der Waals surface area contributed by atoms with E-state index in [4.69, 9.17) is 9.47 Å². The number of carbonyl (C=O) groups is 1. The molecule has 0 amide bonds.